The van der Waals surface area contributed by atoms with Crippen molar-refractivity contribution in [2.45, 2.75) is 70.9 Å². The number of hydrogen-bond donors (Lipinski definition) is 1. The third-order valence-corrected chi connectivity index (χ3v) is 8.37. The normalized spacial score (nSPS) is 30.6. The number of carbonyl (C=O) groups is 1. The Hall–Kier alpha value is -2.42. The number of hydrogen-bond acceptors (Lipinski definition) is 5. The van der Waals surface area contributed by atoms with Crippen LogP contribution in [0.15, 0.2) is 6.20 Å². The zero-order valence-electron chi connectivity index (χ0n) is 18.7. The van der Waals surface area contributed by atoms with Gasteiger partial charge in [-0.25, -0.2) is 0 Å². The molecule has 6 rings (SSSR count). The molecule has 32 heavy (non-hydrogen) atoms. The predicted octanol–water partition coefficient (Wildman–Crippen LogP) is 3.80. The van der Waals surface area contributed by atoms with Crippen molar-refractivity contribution in [3.8, 4) is 0 Å². The number of carbonyl (C=O) groups excluding carboxylic acids is 1. The van der Waals surface area contributed by atoms with Gasteiger partial charge in [-0.3, -0.25) is 9.48 Å². The number of rotatable bonds is 6. The van der Waals surface area contributed by atoms with Crippen LogP contribution < -0.4 is 5.32 Å². The molecule has 2 aromatic rings. The van der Waals surface area contributed by atoms with Gasteiger partial charge in [0.1, 0.15) is 0 Å². The van der Waals surface area contributed by atoms with E-state index in [9.17, 15) is 14.9 Å². The van der Waals surface area contributed by atoms with E-state index in [0.717, 1.165) is 43.4 Å². The molecule has 1 amide bonds. The van der Waals surface area contributed by atoms with E-state index >= 15 is 0 Å². The molecule has 2 unspecified atom stereocenters. The van der Waals surface area contributed by atoms with E-state index in [-0.39, 0.29) is 27.7 Å². The summed E-state index contributed by atoms with van der Waals surface area (Å²) in [6, 6.07) is 0. The molecule has 2 aromatic heterocycles. The molecule has 0 saturated heterocycles. The van der Waals surface area contributed by atoms with Gasteiger partial charge in [0.2, 0.25) is 5.91 Å². The fourth-order valence-corrected chi connectivity index (χ4v) is 7.51. The van der Waals surface area contributed by atoms with Gasteiger partial charge in [-0.05, 0) is 74.5 Å². The fourth-order valence-electron chi connectivity index (χ4n) is 7.32. The van der Waals surface area contributed by atoms with Crippen molar-refractivity contribution in [2.75, 3.05) is 0 Å². The van der Waals surface area contributed by atoms with Crippen LogP contribution >= 0.6 is 11.6 Å². The first-order valence-corrected chi connectivity index (χ1v) is 11.6. The molecule has 4 aliphatic rings. The van der Waals surface area contributed by atoms with Gasteiger partial charge in [0.25, 0.3) is 0 Å². The van der Waals surface area contributed by atoms with E-state index < -0.39 is 4.92 Å². The van der Waals surface area contributed by atoms with Crippen LogP contribution in [0, 0.1) is 41.2 Å². The molecule has 9 nitrogen and oxygen atoms in total. The highest BCUT2D eigenvalue weighted by Crippen LogP contribution is 2.65. The highest BCUT2D eigenvalue weighted by atomic mass is 35.5. The molecule has 0 aliphatic heterocycles. The lowest BCUT2D eigenvalue weighted by Gasteiger charge is -2.61. The highest BCUT2D eigenvalue weighted by molar-refractivity contribution is 6.33. The Morgan fingerprint density at radius 1 is 1.28 bits per heavy atom. The number of halogens is 1. The maximum absolute atomic E-state index is 13.0. The number of nitro groups is 1. The summed E-state index contributed by atoms with van der Waals surface area (Å²) < 4.78 is 3.60. The maximum atomic E-state index is 13.0. The van der Waals surface area contributed by atoms with E-state index in [1.54, 1.807) is 4.68 Å². The van der Waals surface area contributed by atoms with Crippen LogP contribution in [0.4, 0.5) is 5.82 Å². The molecule has 10 heteroatoms. The Morgan fingerprint density at radius 3 is 2.53 bits per heavy atom. The molecule has 1 N–H and O–H groups in total. The second-order valence-corrected chi connectivity index (χ2v) is 10.8. The van der Waals surface area contributed by atoms with Crippen molar-refractivity contribution >= 4 is 23.3 Å². The smallest absolute Gasteiger partial charge is 0.358 e. The quantitative estimate of drug-likeness (QED) is 0.521. The average Bonchev–Trinajstić information content (AvgIpc) is 3.17. The summed E-state index contributed by atoms with van der Waals surface area (Å²) in [6.45, 7) is 4.24. The third-order valence-electron chi connectivity index (χ3n) is 7.93. The fraction of sp³-hybridized carbons (Fsp3) is 0.682. The topological polar surface area (TPSA) is 108 Å². The first kappa shape index (κ1) is 21.4. The molecule has 0 radical (unpaired) electrons. The summed E-state index contributed by atoms with van der Waals surface area (Å²) in [6.07, 6.45) is 8.42. The minimum atomic E-state index is -0.504. The van der Waals surface area contributed by atoms with Crippen LogP contribution in [-0.2, 0) is 23.9 Å². The molecule has 2 atom stereocenters. The summed E-state index contributed by atoms with van der Waals surface area (Å²) in [5, 5.41) is 23.4. The number of aromatic nitrogens is 4. The first-order valence-electron chi connectivity index (χ1n) is 11.3. The van der Waals surface area contributed by atoms with Crippen molar-refractivity contribution in [1.82, 2.24) is 24.9 Å². The van der Waals surface area contributed by atoms with Crippen LogP contribution in [-0.4, -0.2) is 30.4 Å². The Labute approximate surface area is 191 Å². The zero-order chi connectivity index (χ0) is 22.8. The van der Waals surface area contributed by atoms with E-state index in [2.05, 4.69) is 15.5 Å². The second-order valence-electron chi connectivity index (χ2n) is 10.4. The van der Waals surface area contributed by atoms with Crippen LogP contribution in [0.1, 0.15) is 61.9 Å². The number of aryl methyl sites for hydroxylation is 2. The molecular formula is C22H29ClN6O3. The minimum absolute atomic E-state index is 0.0616. The molecule has 4 aliphatic carbocycles. The zero-order valence-corrected chi connectivity index (χ0v) is 19.5. The van der Waals surface area contributed by atoms with Crippen molar-refractivity contribution in [3.05, 3.63) is 38.3 Å². The van der Waals surface area contributed by atoms with E-state index in [0.29, 0.717) is 30.5 Å². The SMILES string of the molecule is Cc1nn(C)cc1CNC(=O)CC12CC3CC(C1)CC(n1nc([N+](=O)[O-])c(Cl)c1C)(C3)C2. The van der Waals surface area contributed by atoms with Gasteiger partial charge in [0, 0.05) is 31.8 Å². The van der Waals surface area contributed by atoms with Crippen LogP contribution in [0.25, 0.3) is 0 Å². The lowest BCUT2D eigenvalue weighted by molar-refractivity contribution is -0.389. The van der Waals surface area contributed by atoms with Crippen molar-refractivity contribution in [3.63, 3.8) is 0 Å². The summed E-state index contributed by atoms with van der Waals surface area (Å²) in [7, 11) is 1.88. The molecule has 4 saturated carbocycles. The lowest BCUT2D eigenvalue weighted by atomic mass is 9.46. The van der Waals surface area contributed by atoms with Gasteiger partial charge in [-0.2, -0.15) is 9.78 Å². The number of nitrogens with zero attached hydrogens (tertiary/aromatic N) is 5. The van der Waals surface area contributed by atoms with Crippen molar-refractivity contribution < 1.29 is 9.72 Å². The van der Waals surface area contributed by atoms with E-state index in [1.807, 2.05) is 31.8 Å². The Morgan fingerprint density at radius 2 is 1.97 bits per heavy atom. The maximum Gasteiger partial charge on any atom is 0.408 e. The second kappa shape index (κ2) is 7.30. The van der Waals surface area contributed by atoms with Gasteiger partial charge in [0.05, 0.1) is 22.0 Å². The first-order chi connectivity index (χ1) is 15.1. The standard InChI is InChI=1S/C22H29ClN6O3/c1-13-17(11-27(3)25-13)10-24-18(30)9-21-5-15-4-16(6-21)8-22(7-15,12-21)28-14(2)19(23)20(26-28)29(31)32/h11,15-16H,4-10,12H2,1-3H3,(H,24,30). The van der Waals surface area contributed by atoms with Crippen LogP contribution in [0.3, 0.4) is 0 Å². The van der Waals surface area contributed by atoms with Crippen LogP contribution in [0.5, 0.6) is 0 Å². The van der Waals surface area contributed by atoms with Gasteiger partial charge in [-0.1, -0.05) is 11.6 Å². The molecule has 0 aromatic carbocycles. The lowest BCUT2D eigenvalue weighted by Crippen LogP contribution is -2.57. The molecule has 0 spiro atoms. The Kier molecular flexibility index (Phi) is 4.89. The molecule has 172 valence electrons. The van der Waals surface area contributed by atoms with Crippen molar-refractivity contribution in [1.29, 1.82) is 0 Å². The van der Waals surface area contributed by atoms with E-state index in [1.165, 1.54) is 6.42 Å². The number of amides is 1. The minimum Gasteiger partial charge on any atom is -0.358 e. The molecule has 2 heterocycles. The largest absolute Gasteiger partial charge is 0.408 e. The molecule has 4 fully saturated rings. The van der Waals surface area contributed by atoms with Crippen molar-refractivity contribution in [2.24, 2.45) is 24.3 Å². The van der Waals surface area contributed by atoms with Gasteiger partial charge in [0.15, 0.2) is 5.02 Å². The monoisotopic (exact) mass is 460 g/mol. The highest BCUT2D eigenvalue weighted by Gasteiger charge is 2.60. The van der Waals surface area contributed by atoms with E-state index in [4.69, 9.17) is 11.6 Å². The summed E-state index contributed by atoms with van der Waals surface area (Å²) in [5.74, 6) is 0.835. The average molecular weight is 461 g/mol. The molecular weight excluding hydrogens is 432 g/mol. The van der Waals surface area contributed by atoms with Gasteiger partial charge in [-0.15, -0.1) is 0 Å². The number of nitrogens with one attached hydrogen (secondary N) is 1. The predicted molar refractivity (Wildman–Crippen MR) is 118 cm³/mol. The Bertz CT molecular complexity index is 1090. The van der Waals surface area contributed by atoms with Gasteiger partial charge >= 0.3 is 5.82 Å². The summed E-state index contributed by atoms with van der Waals surface area (Å²) in [4.78, 5) is 23.9. The molecule has 4 bridgehead atoms. The van der Waals surface area contributed by atoms with Gasteiger partial charge < -0.3 is 15.4 Å². The Balaban J connectivity index is 1.38. The summed E-state index contributed by atoms with van der Waals surface area (Å²) >= 11 is 6.29. The third kappa shape index (κ3) is 3.41. The van der Waals surface area contributed by atoms with Crippen LogP contribution in [0.2, 0.25) is 5.02 Å². The summed E-state index contributed by atoms with van der Waals surface area (Å²) in [5.41, 5.74) is 2.24.